The highest BCUT2D eigenvalue weighted by Gasteiger charge is 2.35. The van der Waals surface area contributed by atoms with E-state index in [9.17, 15) is 9.18 Å². The molecule has 28 heavy (non-hydrogen) atoms. The molecule has 146 valence electrons. The maximum Gasteiger partial charge on any atom is 0.270 e. The van der Waals surface area contributed by atoms with Crippen molar-refractivity contribution in [3.63, 3.8) is 0 Å². The van der Waals surface area contributed by atoms with Gasteiger partial charge in [0.15, 0.2) is 0 Å². The Kier molecular flexibility index (Phi) is 5.23. The Balaban J connectivity index is 1.50. The standard InChI is InChI=1S/C20H21FN4O2S/c1-25-11-14(10-23-25)19-24-17(12-28-19)18(26)22-13-20(5-7-27-8-6-20)15-3-2-4-16(21)9-15/h2-4,9-12H,5-8,13H2,1H3,(H,22,26). The van der Waals surface area contributed by atoms with E-state index in [1.807, 2.05) is 19.3 Å². The van der Waals surface area contributed by atoms with Crippen LogP contribution < -0.4 is 5.32 Å². The lowest BCUT2D eigenvalue weighted by atomic mass is 9.74. The van der Waals surface area contributed by atoms with Crippen molar-refractivity contribution in [1.82, 2.24) is 20.1 Å². The molecular weight excluding hydrogens is 379 g/mol. The highest BCUT2D eigenvalue weighted by atomic mass is 32.1. The van der Waals surface area contributed by atoms with Crippen LogP contribution in [0.5, 0.6) is 0 Å². The third-order valence-electron chi connectivity index (χ3n) is 5.16. The molecule has 0 bridgehead atoms. The van der Waals surface area contributed by atoms with E-state index >= 15 is 0 Å². The predicted molar refractivity (Wildman–Crippen MR) is 105 cm³/mol. The van der Waals surface area contributed by atoms with Crippen LogP contribution in [-0.2, 0) is 17.2 Å². The Morgan fingerprint density at radius 1 is 1.39 bits per heavy atom. The van der Waals surface area contributed by atoms with Crippen LogP contribution >= 0.6 is 11.3 Å². The SMILES string of the molecule is Cn1cc(-c2nc(C(=O)NCC3(c4cccc(F)c4)CCOCC3)cs2)cn1. The Morgan fingerprint density at radius 2 is 2.21 bits per heavy atom. The predicted octanol–water partition coefficient (Wildman–Crippen LogP) is 3.16. The summed E-state index contributed by atoms with van der Waals surface area (Å²) in [5.41, 5.74) is 1.82. The molecule has 1 aromatic carbocycles. The lowest BCUT2D eigenvalue weighted by Crippen LogP contribution is -2.44. The quantitative estimate of drug-likeness (QED) is 0.714. The monoisotopic (exact) mass is 400 g/mol. The van der Waals surface area contributed by atoms with E-state index < -0.39 is 0 Å². The van der Waals surface area contributed by atoms with Crippen molar-refractivity contribution in [1.29, 1.82) is 0 Å². The Labute approximate surface area is 166 Å². The number of carbonyl (C=O) groups is 1. The summed E-state index contributed by atoms with van der Waals surface area (Å²) in [4.78, 5) is 17.1. The summed E-state index contributed by atoms with van der Waals surface area (Å²) in [5.74, 6) is -0.496. The Morgan fingerprint density at radius 3 is 2.93 bits per heavy atom. The molecule has 0 aliphatic carbocycles. The summed E-state index contributed by atoms with van der Waals surface area (Å²) in [7, 11) is 1.84. The van der Waals surface area contributed by atoms with Gasteiger partial charge in [0.2, 0.25) is 0 Å². The molecule has 1 fully saturated rings. The second-order valence-corrected chi connectivity index (χ2v) is 7.88. The van der Waals surface area contributed by atoms with Gasteiger partial charge in [-0.05, 0) is 30.5 Å². The number of halogens is 1. The van der Waals surface area contributed by atoms with E-state index in [4.69, 9.17) is 4.74 Å². The van der Waals surface area contributed by atoms with Gasteiger partial charge in [-0.15, -0.1) is 11.3 Å². The van der Waals surface area contributed by atoms with Gasteiger partial charge >= 0.3 is 0 Å². The number of nitrogens with zero attached hydrogens (tertiary/aromatic N) is 3. The van der Waals surface area contributed by atoms with E-state index in [1.54, 1.807) is 28.4 Å². The minimum Gasteiger partial charge on any atom is -0.381 e. The molecule has 0 saturated carbocycles. The first-order chi connectivity index (χ1) is 13.6. The Bertz CT molecular complexity index is 978. The molecule has 8 heteroatoms. The number of hydrogen-bond acceptors (Lipinski definition) is 5. The van der Waals surface area contributed by atoms with Crippen LogP contribution in [0.1, 0.15) is 28.9 Å². The number of ether oxygens (including phenoxy) is 1. The van der Waals surface area contributed by atoms with Gasteiger partial charge in [-0.3, -0.25) is 9.48 Å². The number of rotatable bonds is 5. The maximum absolute atomic E-state index is 13.8. The van der Waals surface area contributed by atoms with Crippen molar-refractivity contribution in [3.05, 3.63) is 59.1 Å². The topological polar surface area (TPSA) is 69.0 Å². The first-order valence-electron chi connectivity index (χ1n) is 9.12. The molecule has 1 N–H and O–H groups in total. The van der Waals surface area contributed by atoms with Crippen molar-refractivity contribution in [2.45, 2.75) is 18.3 Å². The van der Waals surface area contributed by atoms with E-state index in [0.717, 1.165) is 29.0 Å². The van der Waals surface area contributed by atoms with E-state index in [-0.39, 0.29) is 17.1 Å². The number of amides is 1. The fourth-order valence-electron chi connectivity index (χ4n) is 3.53. The number of hydrogen-bond donors (Lipinski definition) is 1. The van der Waals surface area contributed by atoms with Crippen molar-refractivity contribution in [3.8, 4) is 10.6 Å². The average molecular weight is 400 g/mol. The number of aromatic nitrogens is 3. The van der Waals surface area contributed by atoms with Crippen molar-refractivity contribution in [2.24, 2.45) is 7.05 Å². The molecule has 3 heterocycles. The molecule has 4 rings (SSSR count). The van der Waals surface area contributed by atoms with Gasteiger partial charge in [-0.2, -0.15) is 5.10 Å². The molecule has 0 atom stereocenters. The highest BCUT2D eigenvalue weighted by molar-refractivity contribution is 7.13. The van der Waals surface area contributed by atoms with Gasteiger partial charge in [0.25, 0.3) is 5.91 Å². The van der Waals surface area contributed by atoms with Gasteiger partial charge in [-0.1, -0.05) is 12.1 Å². The number of aryl methyl sites for hydroxylation is 1. The number of nitrogens with one attached hydrogen (secondary N) is 1. The normalized spacial score (nSPS) is 16.1. The van der Waals surface area contributed by atoms with Gasteiger partial charge < -0.3 is 10.1 Å². The third kappa shape index (κ3) is 3.83. The molecule has 1 saturated heterocycles. The maximum atomic E-state index is 13.8. The molecule has 0 radical (unpaired) electrons. The van der Waals surface area contributed by atoms with Gasteiger partial charge in [0, 0.05) is 49.4 Å². The largest absolute Gasteiger partial charge is 0.381 e. The summed E-state index contributed by atoms with van der Waals surface area (Å²) in [6, 6.07) is 6.62. The van der Waals surface area contributed by atoms with Gasteiger partial charge in [-0.25, -0.2) is 9.37 Å². The second kappa shape index (κ2) is 7.81. The van der Waals surface area contributed by atoms with Crippen LogP contribution in [0, 0.1) is 5.82 Å². The first kappa shape index (κ1) is 18.8. The molecule has 0 spiro atoms. The zero-order valence-electron chi connectivity index (χ0n) is 15.5. The summed E-state index contributed by atoms with van der Waals surface area (Å²) in [6.07, 6.45) is 5.05. The fraction of sp³-hybridized carbons (Fsp3) is 0.350. The van der Waals surface area contributed by atoms with Crippen LogP contribution in [0.4, 0.5) is 4.39 Å². The van der Waals surface area contributed by atoms with Crippen LogP contribution in [0.3, 0.4) is 0 Å². The zero-order chi connectivity index (χ0) is 19.6. The van der Waals surface area contributed by atoms with E-state index in [1.165, 1.54) is 17.4 Å². The smallest absolute Gasteiger partial charge is 0.270 e. The third-order valence-corrected chi connectivity index (χ3v) is 6.05. The van der Waals surface area contributed by atoms with Gasteiger partial charge in [0.1, 0.15) is 16.5 Å². The lowest BCUT2D eigenvalue weighted by Gasteiger charge is -2.37. The summed E-state index contributed by atoms with van der Waals surface area (Å²) in [5, 5.41) is 9.64. The van der Waals surface area contributed by atoms with E-state index in [2.05, 4.69) is 15.4 Å². The van der Waals surface area contributed by atoms with Crippen molar-refractivity contribution < 1.29 is 13.9 Å². The van der Waals surface area contributed by atoms with Crippen LogP contribution in [-0.4, -0.2) is 40.4 Å². The van der Waals surface area contributed by atoms with E-state index in [0.29, 0.717) is 25.5 Å². The Hall–Kier alpha value is -2.58. The van der Waals surface area contributed by atoms with Gasteiger partial charge in [0.05, 0.1) is 6.20 Å². The number of carbonyl (C=O) groups excluding carboxylic acids is 1. The molecule has 1 aliphatic heterocycles. The molecule has 0 unspecified atom stereocenters. The number of thiazole rings is 1. The summed E-state index contributed by atoms with van der Waals surface area (Å²) < 4.78 is 21.0. The second-order valence-electron chi connectivity index (χ2n) is 7.03. The highest BCUT2D eigenvalue weighted by Crippen LogP contribution is 2.34. The van der Waals surface area contributed by atoms with Crippen LogP contribution in [0.15, 0.2) is 42.0 Å². The van der Waals surface area contributed by atoms with Crippen LogP contribution in [0.25, 0.3) is 10.6 Å². The minimum atomic E-state index is -0.335. The fourth-order valence-corrected chi connectivity index (χ4v) is 4.31. The molecular formula is C20H21FN4O2S. The molecule has 6 nitrogen and oxygen atoms in total. The molecule has 3 aromatic rings. The van der Waals surface area contributed by atoms with Crippen molar-refractivity contribution in [2.75, 3.05) is 19.8 Å². The average Bonchev–Trinajstić information content (AvgIpc) is 3.36. The lowest BCUT2D eigenvalue weighted by molar-refractivity contribution is 0.0486. The summed E-state index contributed by atoms with van der Waals surface area (Å²) in [6.45, 7) is 1.60. The number of benzene rings is 1. The van der Waals surface area contributed by atoms with Crippen molar-refractivity contribution >= 4 is 17.2 Å². The first-order valence-corrected chi connectivity index (χ1v) is 10.0. The minimum absolute atomic E-state index is 0.228. The summed E-state index contributed by atoms with van der Waals surface area (Å²) >= 11 is 1.41. The molecule has 2 aromatic heterocycles. The van der Waals surface area contributed by atoms with Crippen LogP contribution in [0.2, 0.25) is 0 Å². The molecule has 1 aliphatic rings. The zero-order valence-corrected chi connectivity index (χ0v) is 16.3. The molecule has 1 amide bonds.